The quantitative estimate of drug-likeness (QED) is 0.835. The number of nitrogens with zero attached hydrogens (tertiary/aromatic N) is 3. The van der Waals surface area contributed by atoms with Gasteiger partial charge in [0, 0.05) is 13.1 Å². The van der Waals surface area contributed by atoms with Gasteiger partial charge in [0.2, 0.25) is 0 Å². The molecule has 0 spiro atoms. The normalized spacial score (nSPS) is 13.9. The van der Waals surface area contributed by atoms with Crippen LogP contribution in [0.15, 0.2) is 11.1 Å². The molecule has 0 aliphatic heterocycles. The SMILES string of the molecule is CCCNC(Cn1ncn(C)c1=O)C(C)(C)C. The highest BCUT2D eigenvalue weighted by atomic mass is 16.2. The Hall–Kier alpha value is -1.10. The van der Waals surface area contributed by atoms with Gasteiger partial charge in [-0.3, -0.25) is 4.57 Å². The van der Waals surface area contributed by atoms with E-state index in [-0.39, 0.29) is 17.1 Å². The molecule has 1 aromatic rings. The molecule has 98 valence electrons. The summed E-state index contributed by atoms with van der Waals surface area (Å²) in [6.45, 7) is 10.2. The maximum Gasteiger partial charge on any atom is 0.345 e. The molecule has 0 bridgehead atoms. The van der Waals surface area contributed by atoms with Crippen LogP contribution in [0.5, 0.6) is 0 Å². The molecule has 1 atom stereocenters. The Morgan fingerprint density at radius 1 is 1.47 bits per heavy atom. The first-order chi connectivity index (χ1) is 7.86. The molecule has 1 unspecified atom stereocenters. The highest BCUT2D eigenvalue weighted by Crippen LogP contribution is 2.20. The smallest absolute Gasteiger partial charge is 0.312 e. The average Bonchev–Trinajstić information content (AvgIpc) is 2.54. The summed E-state index contributed by atoms with van der Waals surface area (Å²) in [5, 5.41) is 7.59. The molecule has 1 heterocycles. The maximum absolute atomic E-state index is 11.7. The van der Waals surface area contributed by atoms with E-state index in [2.05, 4.69) is 38.1 Å². The largest absolute Gasteiger partial charge is 0.345 e. The Kier molecular flexibility index (Phi) is 4.51. The fourth-order valence-corrected chi connectivity index (χ4v) is 1.68. The van der Waals surface area contributed by atoms with E-state index in [0.29, 0.717) is 6.54 Å². The summed E-state index contributed by atoms with van der Waals surface area (Å²) in [4.78, 5) is 11.7. The minimum atomic E-state index is -0.0578. The summed E-state index contributed by atoms with van der Waals surface area (Å²) in [6, 6.07) is 0.245. The van der Waals surface area contributed by atoms with E-state index in [9.17, 15) is 4.79 Å². The van der Waals surface area contributed by atoms with Crippen LogP contribution in [0.2, 0.25) is 0 Å². The van der Waals surface area contributed by atoms with Crippen molar-refractivity contribution in [2.75, 3.05) is 6.54 Å². The topological polar surface area (TPSA) is 51.9 Å². The van der Waals surface area contributed by atoms with E-state index in [1.165, 1.54) is 9.25 Å². The lowest BCUT2D eigenvalue weighted by molar-refractivity contribution is 0.233. The van der Waals surface area contributed by atoms with Crippen molar-refractivity contribution in [3.8, 4) is 0 Å². The Labute approximate surface area is 103 Å². The Bertz CT molecular complexity index is 399. The maximum atomic E-state index is 11.7. The summed E-state index contributed by atoms with van der Waals surface area (Å²) >= 11 is 0. The second-order valence-electron chi connectivity index (χ2n) is 5.58. The van der Waals surface area contributed by atoms with Gasteiger partial charge in [-0.25, -0.2) is 9.48 Å². The molecule has 0 aromatic carbocycles. The van der Waals surface area contributed by atoms with Crippen molar-refractivity contribution >= 4 is 0 Å². The van der Waals surface area contributed by atoms with Crippen molar-refractivity contribution in [1.29, 1.82) is 0 Å². The van der Waals surface area contributed by atoms with E-state index in [1.807, 2.05) is 0 Å². The molecule has 0 aliphatic rings. The van der Waals surface area contributed by atoms with Gasteiger partial charge in [-0.1, -0.05) is 27.7 Å². The van der Waals surface area contributed by atoms with Crippen LogP contribution in [0, 0.1) is 5.41 Å². The number of hydrogen-bond donors (Lipinski definition) is 1. The Morgan fingerprint density at radius 2 is 2.12 bits per heavy atom. The number of rotatable bonds is 5. The van der Waals surface area contributed by atoms with Crippen LogP contribution in [-0.4, -0.2) is 26.9 Å². The second kappa shape index (κ2) is 5.49. The van der Waals surface area contributed by atoms with Crippen LogP contribution in [0.1, 0.15) is 34.1 Å². The summed E-state index contributed by atoms with van der Waals surface area (Å²) in [5.74, 6) is 0. The van der Waals surface area contributed by atoms with Crippen molar-refractivity contribution in [2.45, 2.75) is 46.7 Å². The van der Waals surface area contributed by atoms with Gasteiger partial charge in [0.15, 0.2) is 0 Å². The highest BCUT2D eigenvalue weighted by Gasteiger charge is 2.25. The van der Waals surface area contributed by atoms with E-state index in [1.54, 1.807) is 13.4 Å². The fraction of sp³-hybridized carbons (Fsp3) is 0.833. The molecule has 1 rings (SSSR count). The third-order valence-corrected chi connectivity index (χ3v) is 2.93. The molecule has 0 fully saturated rings. The number of aromatic nitrogens is 3. The second-order valence-corrected chi connectivity index (χ2v) is 5.58. The van der Waals surface area contributed by atoms with Gasteiger partial charge < -0.3 is 5.32 Å². The van der Waals surface area contributed by atoms with Crippen LogP contribution < -0.4 is 11.0 Å². The predicted molar refractivity (Wildman–Crippen MR) is 69.0 cm³/mol. The Balaban J connectivity index is 2.79. The molecule has 0 radical (unpaired) electrons. The van der Waals surface area contributed by atoms with Crippen LogP contribution in [0.4, 0.5) is 0 Å². The standard InChI is InChI=1S/C12H24N4O/c1-6-7-13-10(12(2,3)4)8-16-11(17)15(5)9-14-16/h9-10,13H,6-8H2,1-5H3. The van der Waals surface area contributed by atoms with Crippen molar-refractivity contribution in [3.63, 3.8) is 0 Å². The fourth-order valence-electron chi connectivity index (χ4n) is 1.68. The lowest BCUT2D eigenvalue weighted by Gasteiger charge is -2.31. The third-order valence-electron chi connectivity index (χ3n) is 2.93. The lowest BCUT2D eigenvalue weighted by Crippen LogP contribution is -2.45. The Morgan fingerprint density at radius 3 is 2.53 bits per heavy atom. The van der Waals surface area contributed by atoms with Crippen molar-refractivity contribution in [1.82, 2.24) is 19.7 Å². The summed E-state index contributed by atoms with van der Waals surface area (Å²) in [5.41, 5.74) is 0.0455. The molecule has 1 N–H and O–H groups in total. The van der Waals surface area contributed by atoms with E-state index in [0.717, 1.165) is 13.0 Å². The zero-order valence-corrected chi connectivity index (χ0v) is 11.5. The van der Waals surface area contributed by atoms with Gasteiger partial charge in [-0.2, -0.15) is 5.10 Å². The molecular weight excluding hydrogens is 216 g/mol. The van der Waals surface area contributed by atoms with E-state index in [4.69, 9.17) is 0 Å². The van der Waals surface area contributed by atoms with Crippen LogP contribution in [0.25, 0.3) is 0 Å². The first-order valence-electron chi connectivity index (χ1n) is 6.18. The molecule has 0 amide bonds. The summed E-state index contributed by atoms with van der Waals surface area (Å²) in [7, 11) is 1.72. The molecule has 0 aliphatic carbocycles. The van der Waals surface area contributed by atoms with Crippen LogP contribution >= 0.6 is 0 Å². The van der Waals surface area contributed by atoms with Crippen molar-refractivity contribution in [3.05, 3.63) is 16.8 Å². The zero-order valence-electron chi connectivity index (χ0n) is 11.5. The minimum absolute atomic E-state index is 0.0578. The summed E-state index contributed by atoms with van der Waals surface area (Å²) in [6.07, 6.45) is 2.64. The predicted octanol–water partition coefficient (Wildman–Crippen LogP) is 0.996. The third kappa shape index (κ3) is 3.70. The molecule has 0 saturated heterocycles. The minimum Gasteiger partial charge on any atom is -0.312 e. The average molecular weight is 240 g/mol. The number of aryl methyl sites for hydroxylation is 1. The van der Waals surface area contributed by atoms with Crippen molar-refractivity contribution in [2.24, 2.45) is 12.5 Å². The number of hydrogen-bond acceptors (Lipinski definition) is 3. The van der Waals surface area contributed by atoms with Crippen molar-refractivity contribution < 1.29 is 0 Å². The monoisotopic (exact) mass is 240 g/mol. The van der Waals surface area contributed by atoms with Gasteiger partial charge >= 0.3 is 5.69 Å². The van der Waals surface area contributed by atoms with Gasteiger partial charge in [0.1, 0.15) is 6.33 Å². The summed E-state index contributed by atoms with van der Waals surface area (Å²) < 4.78 is 3.03. The number of nitrogens with one attached hydrogen (secondary N) is 1. The van der Waals surface area contributed by atoms with Gasteiger partial charge in [0.25, 0.3) is 0 Å². The van der Waals surface area contributed by atoms with Gasteiger partial charge in [0.05, 0.1) is 6.54 Å². The van der Waals surface area contributed by atoms with Gasteiger partial charge in [-0.05, 0) is 18.4 Å². The molecule has 5 heteroatoms. The van der Waals surface area contributed by atoms with Crippen LogP contribution in [-0.2, 0) is 13.6 Å². The van der Waals surface area contributed by atoms with Gasteiger partial charge in [-0.15, -0.1) is 0 Å². The lowest BCUT2D eigenvalue weighted by atomic mass is 9.86. The molecule has 1 aromatic heterocycles. The first kappa shape index (κ1) is 14.0. The molecule has 5 nitrogen and oxygen atoms in total. The molecule has 0 saturated carbocycles. The first-order valence-corrected chi connectivity index (χ1v) is 6.18. The molecular formula is C12H24N4O. The molecule has 17 heavy (non-hydrogen) atoms. The highest BCUT2D eigenvalue weighted by molar-refractivity contribution is 4.81. The van der Waals surface area contributed by atoms with Crippen LogP contribution in [0.3, 0.4) is 0 Å². The van der Waals surface area contributed by atoms with E-state index < -0.39 is 0 Å². The van der Waals surface area contributed by atoms with E-state index >= 15 is 0 Å². The zero-order chi connectivity index (χ0) is 13.1.